The predicted octanol–water partition coefficient (Wildman–Crippen LogP) is 6.39. The van der Waals surface area contributed by atoms with E-state index in [1.54, 1.807) is 14.2 Å². The zero-order chi connectivity index (χ0) is 26.0. The van der Waals surface area contributed by atoms with Crippen LogP contribution >= 0.6 is 23.2 Å². The number of benzene rings is 3. The van der Waals surface area contributed by atoms with Gasteiger partial charge in [0.15, 0.2) is 0 Å². The Morgan fingerprint density at radius 1 is 0.730 bits per heavy atom. The molecule has 1 aliphatic rings. The van der Waals surface area contributed by atoms with Crippen LogP contribution in [0.15, 0.2) is 72.8 Å². The Labute approximate surface area is 231 Å². The SMILES string of the molecule is COc1ccccc1CN1CCCN(Cc2ccccc2OC)C1c1ccc(N(CCCl)CCCl)cc1. The second-order valence-electron chi connectivity index (χ2n) is 9.25. The minimum Gasteiger partial charge on any atom is -0.496 e. The fourth-order valence-electron chi connectivity index (χ4n) is 5.24. The van der Waals surface area contributed by atoms with Gasteiger partial charge in [-0.25, -0.2) is 0 Å². The highest BCUT2D eigenvalue weighted by Crippen LogP contribution is 2.35. The summed E-state index contributed by atoms with van der Waals surface area (Å²) >= 11 is 12.1. The Bertz CT molecular complexity index is 1050. The van der Waals surface area contributed by atoms with Gasteiger partial charge < -0.3 is 14.4 Å². The Kier molecular flexibility index (Phi) is 10.4. The van der Waals surface area contributed by atoms with E-state index in [2.05, 4.69) is 63.2 Å². The number of para-hydroxylation sites is 2. The van der Waals surface area contributed by atoms with Crippen molar-refractivity contribution in [3.05, 3.63) is 89.5 Å². The highest BCUT2D eigenvalue weighted by Gasteiger charge is 2.31. The molecule has 0 N–H and O–H groups in total. The van der Waals surface area contributed by atoms with Gasteiger partial charge in [0.2, 0.25) is 0 Å². The first-order chi connectivity index (χ1) is 18.2. The maximum Gasteiger partial charge on any atom is 0.123 e. The molecule has 198 valence electrons. The van der Waals surface area contributed by atoms with Crippen LogP contribution in [0.3, 0.4) is 0 Å². The maximum atomic E-state index is 6.06. The third kappa shape index (κ3) is 6.91. The molecule has 0 unspecified atom stereocenters. The van der Waals surface area contributed by atoms with Crippen molar-refractivity contribution < 1.29 is 9.47 Å². The first-order valence-corrected chi connectivity index (χ1v) is 13.9. The fourth-order valence-corrected chi connectivity index (χ4v) is 5.65. The van der Waals surface area contributed by atoms with Crippen LogP contribution in [0, 0.1) is 0 Å². The second kappa shape index (κ2) is 13.9. The average Bonchev–Trinajstić information content (AvgIpc) is 2.94. The van der Waals surface area contributed by atoms with Crippen LogP contribution in [0.1, 0.15) is 29.3 Å². The predicted molar refractivity (Wildman–Crippen MR) is 154 cm³/mol. The molecule has 0 radical (unpaired) electrons. The van der Waals surface area contributed by atoms with E-state index >= 15 is 0 Å². The number of halogens is 2. The van der Waals surface area contributed by atoms with E-state index in [1.807, 2.05) is 24.3 Å². The van der Waals surface area contributed by atoms with Crippen LogP contribution in [0.5, 0.6) is 11.5 Å². The van der Waals surface area contributed by atoms with Gasteiger partial charge in [0.05, 0.1) is 20.4 Å². The van der Waals surface area contributed by atoms with Gasteiger partial charge in [0.1, 0.15) is 11.5 Å². The molecule has 0 spiro atoms. The first kappa shape index (κ1) is 27.6. The number of anilines is 1. The van der Waals surface area contributed by atoms with Gasteiger partial charge in [0, 0.05) is 67.8 Å². The van der Waals surface area contributed by atoms with Crippen molar-refractivity contribution in [2.45, 2.75) is 25.7 Å². The Hall–Kier alpha value is -2.44. The van der Waals surface area contributed by atoms with Crippen LogP contribution in [0.25, 0.3) is 0 Å². The Balaban J connectivity index is 1.67. The second-order valence-corrected chi connectivity index (χ2v) is 10.0. The number of alkyl halides is 2. The summed E-state index contributed by atoms with van der Waals surface area (Å²) < 4.78 is 11.4. The van der Waals surface area contributed by atoms with E-state index in [1.165, 1.54) is 16.7 Å². The number of methoxy groups -OCH3 is 2. The van der Waals surface area contributed by atoms with E-state index < -0.39 is 0 Å². The molecule has 3 aromatic carbocycles. The maximum absolute atomic E-state index is 6.06. The van der Waals surface area contributed by atoms with Crippen LogP contribution in [0.2, 0.25) is 0 Å². The normalized spacial score (nSPS) is 15.0. The molecule has 1 saturated heterocycles. The molecule has 3 aromatic rings. The van der Waals surface area contributed by atoms with Gasteiger partial charge in [-0.3, -0.25) is 9.80 Å². The van der Waals surface area contributed by atoms with Crippen molar-refractivity contribution in [1.29, 1.82) is 0 Å². The molecule has 0 bridgehead atoms. The van der Waals surface area contributed by atoms with Crippen LogP contribution in [-0.4, -0.2) is 62.0 Å². The minimum atomic E-state index is 0.118. The number of hydrogen-bond acceptors (Lipinski definition) is 5. The van der Waals surface area contributed by atoms with E-state index in [9.17, 15) is 0 Å². The van der Waals surface area contributed by atoms with Gasteiger partial charge in [-0.15, -0.1) is 23.2 Å². The zero-order valence-corrected chi connectivity index (χ0v) is 23.3. The summed E-state index contributed by atoms with van der Waals surface area (Å²) in [7, 11) is 3.49. The fraction of sp³-hybridized carbons (Fsp3) is 0.400. The molecule has 5 nitrogen and oxygen atoms in total. The van der Waals surface area contributed by atoms with Crippen molar-refractivity contribution in [2.24, 2.45) is 0 Å². The first-order valence-electron chi connectivity index (χ1n) is 12.9. The summed E-state index contributed by atoms with van der Waals surface area (Å²) in [5.74, 6) is 2.99. The van der Waals surface area contributed by atoms with Gasteiger partial charge in [-0.1, -0.05) is 48.5 Å². The summed E-state index contributed by atoms with van der Waals surface area (Å²) in [6.45, 7) is 5.19. The topological polar surface area (TPSA) is 28.2 Å². The smallest absolute Gasteiger partial charge is 0.123 e. The third-order valence-corrected chi connectivity index (χ3v) is 7.32. The molecule has 37 heavy (non-hydrogen) atoms. The van der Waals surface area contributed by atoms with Gasteiger partial charge in [0.25, 0.3) is 0 Å². The van der Waals surface area contributed by atoms with E-state index in [4.69, 9.17) is 32.7 Å². The van der Waals surface area contributed by atoms with E-state index in [-0.39, 0.29) is 6.17 Å². The molecule has 0 aromatic heterocycles. The van der Waals surface area contributed by atoms with Crippen molar-refractivity contribution in [3.63, 3.8) is 0 Å². The molecule has 0 saturated carbocycles. The summed E-state index contributed by atoms with van der Waals surface area (Å²) in [6.07, 6.45) is 1.21. The lowest BCUT2D eigenvalue weighted by Gasteiger charge is -2.44. The summed E-state index contributed by atoms with van der Waals surface area (Å²) in [5, 5.41) is 0. The minimum absolute atomic E-state index is 0.118. The molecule has 1 fully saturated rings. The summed E-state index contributed by atoms with van der Waals surface area (Å²) in [5.41, 5.74) is 4.81. The quantitative estimate of drug-likeness (QED) is 0.247. The highest BCUT2D eigenvalue weighted by atomic mass is 35.5. The van der Waals surface area contributed by atoms with Gasteiger partial charge >= 0.3 is 0 Å². The van der Waals surface area contributed by atoms with Crippen molar-refractivity contribution >= 4 is 28.9 Å². The summed E-state index contributed by atoms with van der Waals surface area (Å²) in [6, 6.07) is 25.5. The number of ether oxygens (including phenoxy) is 2. The van der Waals surface area contributed by atoms with Gasteiger partial charge in [-0.05, 0) is 36.2 Å². The summed E-state index contributed by atoms with van der Waals surface area (Å²) in [4.78, 5) is 7.35. The monoisotopic (exact) mass is 541 g/mol. The van der Waals surface area contributed by atoms with Crippen molar-refractivity contribution in [1.82, 2.24) is 9.80 Å². The Morgan fingerprint density at radius 2 is 1.22 bits per heavy atom. The Morgan fingerprint density at radius 3 is 1.68 bits per heavy atom. The number of hydrogen-bond donors (Lipinski definition) is 0. The number of nitrogens with zero attached hydrogens (tertiary/aromatic N) is 3. The largest absolute Gasteiger partial charge is 0.496 e. The molecule has 7 heteroatoms. The molecule has 4 rings (SSSR count). The molecule has 0 amide bonds. The van der Waals surface area contributed by atoms with E-state index in [0.717, 1.165) is 62.9 Å². The average molecular weight is 543 g/mol. The third-order valence-electron chi connectivity index (χ3n) is 6.98. The van der Waals surface area contributed by atoms with Crippen molar-refractivity contribution in [3.8, 4) is 11.5 Å². The van der Waals surface area contributed by atoms with Crippen LogP contribution in [-0.2, 0) is 13.1 Å². The lowest BCUT2D eigenvalue weighted by Crippen LogP contribution is -2.47. The van der Waals surface area contributed by atoms with Crippen molar-refractivity contribution in [2.75, 3.05) is 57.1 Å². The molecule has 1 aliphatic heterocycles. The van der Waals surface area contributed by atoms with Crippen LogP contribution in [0.4, 0.5) is 5.69 Å². The molecule has 0 aliphatic carbocycles. The van der Waals surface area contributed by atoms with Crippen LogP contribution < -0.4 is 14.4 Å². The molecule has 0 atom stereocenters. The number of rotatable bonds is 12. The standard InChI is InChI=1S/C30H37Cl2N3O2/c1-36-28-10-5-3-8-25(28)22-34-18-7-19-35(23-26-9-4-6-11-29(26)37-2)30(34)24-12-14-27(15-13-24)33(20-16-31)21-17-32/h3-6,8-15,30H,7,16-23H2,1-2H3. The molecule has 1 heterocycles. The lowest BCUT2D eigenvalue weighted by atomic mass is 10.0. The van der Waals surface area contributed by atoms with E-state index in [0.29, 0.717) is 11.8 Å². The molecular weight excluding hydrogens is 505 g/mol. The molecular formula is C30H37Cl2N3O2. The highest BCUT2D eigenvalue weighted by molar-refractivity contribution is 6.18. The van der Waals surface area contributed by atoms with Gasteiger partial charge in [-0.2, -0.15) is 0 Å². The zero-order valence-electron chi connectivity index (χ0n) is 21.8. The lowest BCUT2D eigenvalue weighted by molar-refractivity contribution is -0.00976.